The van der Waals surface area contributed by atoms with Gasteiger partial charge in [0.2, 0.25) is 0 Å². The van der Waals surface area contributed by atoms with Crippen molar-refractivity contribution in [1.29, 1.82) is 0 Å². The third-order valence-corrected chi connectivity index (χ3v) is 4.20. The maximum Gasteiger partial charge on any atom is 0.254 e. The van der Waals surface area contributed by atoms with Crippen LogP contribution in [0.1, 0.15) is 27.7 Å². The number of nitrogens with zero attached hydrogens (tertiary/aromatic N) is 1. The molecule has 1 heterocycles. The van der Waals surface area contributed by atoms with Crippen molar-refractivity contribution < 1.29 is 4.79 Å². The van der Waals surface area contributed by atoms with Gasteiger partial charge < -0.3 is 4.90 Å². The Labute approximate surface area is 126 Å². The molecule has 0 N–H and O–H groups in total. The minimum atomic E-state index is 0.0836. The summed E-state index contributed by atoms with van der Waals surface area (Å²) in [6.45, 7) is 5.40. The first kappa shape index (κ1) is 14.3. The fourth-order valence-electron chi connectivity index (χ4n) is 1.96. The Hall–Kier alpha value is -1.13. The van der Waals surface area contributed by atoms with Crippen molar-refractivity contribution in [3.05, 3.63) is 56.2 Å². The second-order valence-corrected chi connectivity index (χ2v) is 6.36. The molecule has 0 atom stereocenters. The molecule has 0 aliphatic rings. The minimum absolute atomic E-state index is 0.0836. The van der Waals surface area contributed by atoms with E-state index < -0.39 is 0 Å². The van der Waals surface area contributed by atoms with Crippen LogP contribution in [-0.4, -0.2) is 17.4 Å². The van der Waals surface area contributed by atoms with Crippen molar-refractivity contribution in [3.8, 4) is 0 Å². The van der Waals surface area contributed by atoms with Crippen LogP contribution in [0, 0.1) is 6.92 Å². The van der Waals surface area contributed by atoms with Crippen LogP contribution in [0.15, 0.2) is 40.2 Å². The number of carbonyl (C=O) groups is 1. The van der Waals surface area contributed by atoms with E-state index >= 15 is 0 Å². The van der Waals surface area contributed by atoms with Gasteiger partial charge in [0, 0.05) is 21.5 Å². The molecule has 1 aromatic carbocycles. The number of hydrogen-bond donors (Lipinski definition) is 0. The van der Waals surface area contributed by atoms with E-state index in [-0.39, 0.29) is 5.91 Å². The van der Waals surface area contributed by atoms with Gasteiger partial charge in [-0.25, -0.2) is 0 Å². The summed E-state index contributed by atoms with van der Waals surface area (Å²) in [5.41, 5.74) is 1.83. The van der Waals surface area contributed by atoms with E-state index in [2.05, 4.69) is 22.0 Å². The third kappa shape index (κ3) is 3.67. The van der Waals surface area contributed by atoms with E-state index in [0.29, 0.717) is 13.1 Å². The van der Waals surface area contributed by atoms with Crippen molar-refractivity contribution >= 4 is 33.2 Å². The Morgan fingerprint density at radius 2 is 2.16 bits per heavy atom. The third-order valence-electron chi connectivity index (χ3n) is 2.88. The Morgan fingerprint density at radius 1 is 1.37 bits per heavy atom. The average Bonchev–Trinajstić information content (AvgIpc) is 2.86. The molecule has 0 saturated carbocycles. The number of benzene rings is 1. The second kappa shape index (κ2) is 6.35. The van der Waals surface area contributed by atoms with Crippen LogP contribution in [0.4, 0.5) is 0 Å². The lowest BCUT2D eigenvalue weighted by atomic mass is 10.1. The number of aryl methyl sites for hydroxylation is 1. The average molecular weight is 338 g/mol. The summed E-state index contributed by atoms with van der Waals surface area (Å²) in [6, 6.07) is 9.90. The normalized spacial score (nSPS) is 10.5. The van der Waals surface area contributed by atoms with E-state index in [1.165, 1.54) is 4.88 Å². The number of amides is 1. The lowest BCUT2D eigenvalue weighted by Gasteiger charge is -2.20. The largest absolute Gasteiger partial charge is 0.334 e. The molecule has 0 bridgehead atoms. The molecule has 2 nitrogen and oxygen atoms in total. The number of hydrogen-bond acceptors (Lipinski definition) is 2. The van der Waals surface area contributed by atoms with Crippen molar-refractivity contribution in [2.45, 2.75) is 20.4 Å². The van der Waals surface area contributed by atoms with Gasteiger partial charge in [0.1, 0.15) is 0 Å². The zero-order valence-electron chi connectivity index (χ0n) is 11.0. The molecule has 0 aliphatic carbocycles. The monoisotopic (exact) mass is 337 g/mol. The standard InChI is InChI=1S/C15H16BrNOS/c1-3-17(10-14-5-4-6-19-14)15(18)12-7-11(2)8-13(16)9-12/h4-9H,3,10H2,1-2H3. The van der Waals surface area contributed by atoms with Gasteiger partial charge in [0.05, 0.1) is 6.54 Å². The van der Waals surface area contributed by atoms with Gasteiger partial charge in [-0.2, -0.15) is 0 Å². The Morgan fingerprint density at radius 3 is 2.74 bits per heavy atom. The lowest BCUT2D eigenvalue weighted by molar-refractivity contribution is 0.0754. The molecule has 1 amide bonds. The molecular weight excluding hydrogens is 322 g/mol. The van der Waals surface area contributed by atoms with Crippen LogP contribution in [0.25, 0.3) is 0 Å². The quantitative estimate of drug-likeness (QED) is 0.805. The highest BCUT2D eigenvalue weighted by atomic mass is 79.9. The lowest BCUT2D eigenvalue weighted by Crippen LogP contribution is -2.30. The predicted molar refractivity (Wildman–Crippen MR) is 83.6 cm³/mol. The topological polar surface area (TPSA) is 20.3 Å². The summed E-state index contributed by atoms with van der Waals surface area (Å²) in [5, 5.41) is 2.04. The van der Waals surface area contributed by atoms with Crippen LogP contribution in [0.3, 0.4) is 0 Å². The first-order valence-corrected chi connectivity index (χ1v) is 7.86. The number of halogens is 1. The second-order valence-electron chi connectivity index (χ2n) is 4.42. The minimum Gasteiger partial charge on any atom is -0.334 e. The summed E-state index contributed by atoms with van der Waals surface area (Å²) < 4.78 is 0.947. The summed E-state index contributed by atoms with van der Waals surface area (Å²) in [7, 11) is 0. The van der Waals surface area contributed by atoms with Crippen molar-refractivity contribution in [3.63, 3.8) is 0 Å². The number of carbonyl (C=O) groups excluding carboxylic acids is 1. The number of thiophene rings is 1. The maximum atomic E-state index is 12.5. The Bertz CT molecular complexity index is 545. The predicted octanol–water partition coefficient (Wildman–Crippen LogP) is 4.48. The molecule has 4 heteroatoms. The molecule has 0 fully saturated rings. The van der Waals surface area contributed by atoms with Crippen LogP contribution in [-0.2, 0) is 6.54 Å². The van der Waals surface area contributed by atoms with Gasteiger partial charge in [-0.05, 0) is 49.1 Å². The van der Waals surface area contributed by atoms with E-state index in [1.54, 1.807) is 11.3 Å². The summed E-state index contributed by atoms with van der Waals surface area (Å²) in [5.74, 6) is 0.0836. The van der Waals surface area contributed by atoms with E-state index in [0.717, 1.165) is 15.6 Å². The van der Waals surface area contributed by atoms with Gasteiger partial charge in [0.15, 0.2) is 0 Å². The maximum absolute atomic E-state index is 12.5. The molecule has 19 heavy (non-hydrogen) atoms. The van der Waals surface area contributed by atoms with E-state index in [1.807, 2.05) is 48.4 Å². The van der Waals surface area contributed by atoms with Crippen LogP contribution in [0.2, 0.25) is 0 Å². The molecule has 0 spiro atoms. The highest BCUT2D eigenvalue weighted by molar-refractivity contribution is 9.10. The van der Waals surface area contributed by atoms with Crippen molar-refractivity contribution in [2.24, 2.45) is 0 Å². The van der Waals surface area contributed by atoms with Gasteiger partial charge in [-0.15, -0.1) is 11.3 Å². The zero-order chi connectivity index (χ0) is 13.8. The smallest absolute Gasteiger partial charge is 0.254 e. The molecule has 0 unspecified atom stereocenters. The summed E-state index contributed by atoms with van der Waals surface area (Å²) in [6.07, 6.45) is 0. The number of rotatable bonds is 4. The molecule has 2 aromatic rings. The van der Waals surface area contributed by atoms with Crippen LogP contribution >= 0.6 is 27.3 Å². The fourth-order valence-corrected chi connectivity index (χ4v) is 3.29. The van der Waals surface area contributed by atoms with Gasteiger partial charge in [0.25, 0.3) is 5.91 Å². The van der Waals surface area contributed by atoms with Crippen LogP contribution < -0.4 is 0 Å². The molecule has 0 saturated heterocycles. The molecule has 0 radical (unpaired) electrons. The summed E-state index contributed by atoms with van der Waals surface area (Å²) in [4.78, 5) is 15.6. The molecule has 100 valence electrons. The molecule has 2 rings (SSSR count). The van der Waals surface area contributed by atoms with Crippen molar-refractivity contribution in [2.75, 3.05) is 6.54 Å². The van der Waals surface area contributed by atoms with Gasteiger partial charge >= 0.3 is 0 Å². The van der Waals surface area contributed by atoms with Crippen LogP contribution in [0.5, 0.6) is 0 Å². The summed E-state index contributed by atoms with van der Waals surface area (Å²) >= 11 is 5.13. The SMILES string of the molecule is CCN(Cc1cccs1)C(=O)c1cc(C)cc(Br)c1. The van der Waals surface area contributed by atoms with Crippen molar-refractivity contribution in [1.82, 2.24) is 4.90 Å². The van der Waals surface area contributed by atoms with Gasteiger partial charge in [-0.1, -0.05) is 22.0 Å². The fraction of sp³-hybridized carbons (Fsp3) is 0.267. The molecule has 0 aliphatic heterocycles. The zero-order valence-corrected chi connectivity index (χ0v) is 13.4. The Kier molecular flexibility index (Phi) is 4.77. The van der Waals surface area contributed by atoms with E-state index in [4.69, 9.17) is 0 Å². The molecular formula is C15H16BrNOS. The first-order chi connectivity index (χ1) is 9.10. The van der Waals surface area contributed by atoms with E-state index in [9.17, 15) is 4.79 Å². The molecule has 1 aromatic heterocycles. The Balaban J connectivity index is 2.20. The highest BCUT2D eigenvalue weighted by Gasteiger charge is 2.15. The highest BCUT2D eigenvalue weighted by Crippen LogP contribution is 2.19. The van der Waals surface area contributed by atoms with Gasteiger partial charge in [-0.3, -0.25) is 4.79 Å². The first-order valence-electron chi connectivity index (χ1n) is 6.19.